The predicted molar refractivity (Wildman–Crippen MR) is 83.0 cm³/mol. The molecular formula is C13H11BrN2O4S. The number of anilines is 2. The van der Waals surface area contributed by atoms with Crippen molar-refractivity contribution < 1.29 is 17.8 Å². The Hall–Kier alpha value is -1.90. The lowest BCUT2D eigenvalue weighted by Gasteiger charge is -2.08. The quantitative estimate of drug-likeness (QED) is 0.721. The highest BCUT2D eigenvalue weighted by Crippen LogP contribution is 2.16. The van der Waals surface area contributed by atoms with Crippen LogP contribution in [0.2, 0.25) is 0 Å². The molecule has 2 aromatic rings. The van der Waals surface area contributed by atoms with E-state index in [1.165, 1.54) is 24.3 Å². The zero-order chi connectivity index (χ0) is 15.5. The fraction of sp³-hybridized carbons (Fsp3) is 0. The van der Waals surface area contributed by atoms with E-state index in [9.17, 15) is 13.2 Å². The number of hydrogen-bond donors (Lipinski definition) is 3. The summed E-state index contributed by atoms with van der Waals surface area (Å²) in [7, 11) is -4.23. The Morgan fingerprint density at radius 1 is 0.905 bits per heavy atom. The molecule has 21 heavy (non-hydrogen) atoms. The van der Waals surface area contributed by atoms with Crippen LogP contribution < -0.4 is 10.6 Å². The van der Waals surface area contributed by atoms with E-state index in [4.69, 9.17) is 4.55 Å². The van der Waals surface area contributed by atoms with Crippen molar-refractivity contribution in [1.29, 1.82) is 0 Å². The summed E-state index contributed by atoms with van der Waals surface area (Å²) in [5.74, 6) is 0. The average Bonchev–Trinajstić information content (AvgIpc) is 2.41. The average molecular weight is 371 g/mol. The van der Waals surface area contributed by atoms with E-state index in [1.54, 1.807) is 24.3 Å². The Morgan fingerprint density at radius 2 is 1.33 bits per heavy atom. The predicted octanol–water partition coefficient (Wildman–Crippen LogP) is 3.34. The minimum absolute atomic E-state index is 0.235. The first-order chi connectivity index (χ1) is 9.84. The number of rotatable bonds is 3. The summed E-state index contributed by atoms with van der Waals surface area (Å²) in [4.78, 5) is 11.5. The zero-order valence-corrected chi connectivity index (χ0v) is 13.0. The highest BCUT2D eigenvalue weighted by Gasteiger charge is 2.09. The second-order valence-corrected chi connectivity index (χ2v) is 6.42. The Kier molecular flexibility index (Phi) is 4.61. The van der Waals surface area contributed by atoms with Gasteiger partial charge in [0.15, 0.2) is 0 Å². The molecule has 0 unspecified atom stereocenters. The standard InChI is InChI=1S/C13H11BrN2O4S/c14-9-1-3-10(4-2-9)15-13(17)16-11-5-7-12(8-6-11)21(18,19)20/h1-8H,(H2,15,16,17)(H,18,19,20). The molecule has 0 saturated carbocycles. The first kappa shape index (κ1) is 15.5. The molecule has 0 fully saturated rings. The van der Waals surface area contributed by atoms with Crippen molar-refractivity contribution in [2.24, 2.45) is 0 Å². The molecule has 0 spiro atoms. The van der Waals surface area contributed by atoms with Crippen molar-refractivity contribution in [3.63, 3.8) is 0 Å². The maximum absolute atomic E-state index is 11.7. The summed E-state index contributed by atoms with van der Waals surface area (Å²) in [6.07, 6.45) is 0. The SMILES string of the molecule is O=C(Nc1ccc(Br)cc1)Nc1ccc(S(=O)(=O)O)cc1. The van der Waals surface area contributed by atoms with Crippen molar-refractivity contribution in [2.75, 3.05) is 10.6 Å². The Morgan fingerprint density at radius 3 is 1.76 bits per heavy atom. The van der Waals surface area contributed by atoms with Crippen LogP contribution in [0.15, 0.2) is 57.9 Å². The Bertz CT molecular complexity index is 743. The van der Waals surface area contributed by atoms with E-state index < -0.39 is 16.1 Å². The fourth-order valence-electron chi connectivity index (χ4n) is 1.54. The van der Waals surface area contributed by atoms with Crippen LogP contribution in [0.1, 0.15) is 0 Å². The van der Waals surface area contributed by atoms with Gasteiger partial charge in [0.25, 0.3) is 10.1 Å². The van der Waals surface area contributed by atoms with Crippen LogP contribution in [-0.2, 0) is 10.1 Å². The molecule has 2 amide bonds. The molecule has 2 rings (SSSR count). The number of benzene rings is 2. The second-order valence-electron chi connectivity index (χ2n) is 4.09. The maximum atomic E-state index is 11.7. The summed E-state index contributed by atoms with van der Waals surface area (Å²) < 4.78 is 31.5. The molecule has 0 aliphatic heterocycles. The van der Waals surface area contributed by atoms with E-state index in [0.717, 1.165) is 4.47 Å². The molecule has 0 atom stereocenters. The summed E-state index contributed by atoms with van der Waals surface area (Å²) in [6.45, 7) is 0. The van der Waals surface area contributed by atoms with E-state index >= 15 is 0 Å². The third kappa shape index (κ3) is 4.55. The molecular weight excluding hydrogens is 360 g/mol. The smallest absolute Gasteiger partial charge is 0.308 e. The Labute approximate surface area is 130 Å². The highest BCUT2D eigenvalue weighted by atomic mass is 79.9. The fourth-order valence-corrected chi connectivity index (χ4v) is 2.28. The van der Waals surface area contributed by atoms with Crippen molar-refractivity contribution in [2.45, 2.75) is 4.90 Å². The lowest BCUT2D eigenvalue weighted by Crippen LogP contribution is -2.19. The van der Waals surface area contributed by atoms with Gasteiger partial charge in [-0.2, -0.15) is 8.42 Å². The minimum atomic E-state index is -4.23. The first-order valence-corrected chi connectivity index (χ1v) is 7.99. The molecule has 0 saturated heterocycles. The van der Waals surface area contributed by atoms with Gasteiger partial charge in [0, 0.05) is 15.8 Å². The lowest BCUT2D eigenvalue weighted by atomic mass is 10.3. The van der Waals surface area contributed by atoms with Crippen LogP contribution in [-0.4, -0.2) is 19.0 Å². The van der Waals surface area contributed by atoms with Gasteiger partial charge in [0.05, 0.1) is 4.90 Å². The largest absolute Gasteiger partial charge is 0.323 e. The van der Waals surface area contributed by atoms with Gasteiger partial charge >= 0.3 is 6.03 Å². The molecule has 0 heterocycles. The molecule has 6 nitrogen and oxygen atoms in total. The monoisotopic (exact) mass is 370 g/mol. The number of carbonyl (C=O) groups excluding carboxylic acids is 1. The lowest BCUT2D eigenvalue weighted by molar-refractivity contribution is 0.262. The summed E-state index contributed by atoms with van der Waals surface area (Å²) in [5.41, 5.74) is 1.02. The first-order valence-electron chi connectivity index (χ1n) is 5.76. The van der Waals surface area contributed by atoms with Gasteiger partial charge in [-0.05, 0) is 48.5 Å². The van der Waals surface area contributed by atoms with Gasteiger partial charge in [0.2, 0.25) is 0 Å². The van der Waals surface area contributed by atoms with Crippen LogP contribution in [0.5, 0.6) is 0 Å². The topological polar surface area (TPSA) is 95.5 Å². The highest BCUT2D eigenvalue weighted by molar-refractivity contribution is 9.10. The maximum Gasteiger partial charge on any atom is 0.323 e. The molecule has 0 aromatic heterocycles. The van der Waals surface area contributed by atoms with E-state index in [1.807, 2.05) is 0 Å². The van der Waals surface area contributed by atoms with Crippen molar-refractivity contribution in [3.05, 3.63) is 53.0 Å². The molecule has 3 N–H and O–H groups in total. The van der Waals surface area contributed by atoms with Gasteiger partial charge < -0.3 is 10.6 Å². The van der Waals surface area contributed by atoms with Crippen LogP contribution in [0, 0.1) is 0 Å². The number of amides is 2. The number of urea groups is 1. The van der Waals surface area contributed by atoms with Gasteiger partial charge in [-0.25, -0.2) is 4.79 Å². The van der Waals surface area contributed by atoms with Crippen molar-refractivity contribution >= 4 is 43.5 Å². The molecule has 0 radical (unpaired) electrons. The van der Waals surface area contributed by atoms with Crippen LogP contribution >= 0.6 is 15.9 Å². The van der Waals surface area contributed by atoms with Gasteiger partial charge in [0.1, 0.15) is 0 Å². The summed E-state index contributed by atoms with van der Waals surface area (Å²) >= 11 is 3.29. The number of carbonyl (C=O) groups is 1. The number of nitrogens with one attached hydrogen (secondary N) is 2. The van der Waals surface area contributed by atoms with Gasteiger partial charge in [-0.1, -0.05) is 15.9 Å². The van der Waals surface area contributed by atoms with E-state index in [2.05, 4.69) is 26.6 Å². The second kappa shape index (κ2) is 6.25. The van der Waals surface area contributed by atoms with E-state index in [0.29, 0.717) is 11.4 Å². The minimum Gasteiger partial charge on any atom is -0.308 e. The number of halogens is 1. The van der Waals surface area contributed by atoms with Crippen molar-refractivity contribution in [3.8, 4) is 0 Å². The van der Waals surface area contributed by atoms with Gasteiger partial charge in [-0.15, -0.1) is 0 Å². The van der Waals surface area contributed by atoms with Crippen LogP contribution in [0.4, 0.5) is 16.2 Å². The molecule has 110 valence electrons. The van der Waals surface area contributed by atoms with Crippen molar-refractivity contribution in [1.82, 2.24) is 0 Å². The molecule has 0 aliphatic rings. The van der Waals surface area contributed by atoms with Gasteiger partial charge in [-0.3, -0.25) is 4.55 Å². The van der Waals surface area contributed by atoms with E-state index in [-0.39, 0.29) is 4.90 Å². The summed E-state index contributed by atoms with van der Waals surface area (Å²) in [5, 5.41) is 5.17. The molecule has 0 aliphatic carbocycles. The molecule has 0 bridgehead atoms. The van der Waals surface area contributed by atoms with Crippen LogP contribution in [0.25, 0.3) is 0 Å². The molecule has 2 aromatic carbocycles. The summed E-state index contributed by atoms with van der Waals surface area (Å²) in [6, 6.07) is 11.7. The number of hydrogen-bond acceptors (Lipinski definition) is 3. The zero-order valence-electron chi connectivity index (χ0n) is 10.6. The molecule has 8 heteroatoms. The normalized spacial score (nSPS) is 11.0. The third-order valence-corrected chi connectivity index (χ3v) is 3.91. The Balaban J connectivity index is 2.01. The van der Waals surface area contributed by atoms with Crippen LogP contribution in [0.3, 0.4) is 0 Å². The third-order valence-electron chi connectivity index (χ3n) is 2.51.